The van der Waals surface area contributed by atoms with Crippen LogP contribution in [0.5, 0.6) is 0 Å². The number of anilines is 1. The number of hydrogen-bond donors (Lipinski definition) is 1. The summed E-state index contributed by atoms with van der Waals surface area (Å²) in [5.41, 5.74) is 0.983. The number of amides is 2. The van der Waals surface area contributed by atoms with Gasteiger partial charge in [-0.2, -0.15) is 0 Å². The second kappa shape index (κ2) is 6.70. The third-order valence-corrected chi connectivity index (χ3v) is 4.38. The number of aromatic nitrogens is 1. The van der Waals surface area contributed by atoms with E-state index in [-0.39, 0.29) is 11.8 Å². The molecule has 5 nitrogen and oxygen atoms in total. The van der Waals surface area contributed by atoms with E-state index in [0.29, 0.717) is 16.4 Å². The van der Waals surface area contributed by atoms with Crippen LogP contribution in [0.1, 0.15) is 40.1 Å². The van der Waals surface area contributed by atoms with Crippen LogP contribution >= 0.6 is 11.3 Å². The number of carbonyl (C=O) groups excluding carboxylic acids is 2. The van der Waals surface area contributed by atoms with Crippen molar-refractivity contribution in [3.63, 3.8) is 0 Å². The molecule has 2 amide bonds. The van der Waals surface area contributed by atoms with Crippen molar-refractivity contribution >= 4 is 28.3 Å². The minimum atomic E-state index is -0.216. The van der Waals surface area contributed by atoms with E-state index in [0.717, 1.165) is 25.9 Å². The lowest BCUT2D eigenvalue weighted by atomic mass is 10.1. The van der Waals surface area contributed by atoms with Crippen LogP contribution in [0.2, 0.25) is 0 Å². The highest BCUT2D eigenvalue weighted by Gasteiger charge is 2.21. The monoisotopic (exact) mass is 315 g/mol. The third kappa shape index (κ3) is 3.33. The second-order valence-electron chi connectivity index (χ2n) is 5.21. The fourth-order valence-corrected chi connectivity index (χ4v) is 3.13. The normalized spacial score (nSPS) is 14.6. The van der Waals surface area contributed by atoms with Gasteiger partial charge >= 0.3 is 0 Å². The Morgan fingerprint density at radius 2 is 1.82 bits per heavy atom. The zero-order chi connectivity index (χ0) is 15.4. The van der Waals surface area contributed by atoms with Crippen molar-refractivity contribution in [2.75, 3.05) is 18.4 Å². The van der Waals surface area contributed by atoms with Crippen LogP contribution in [0, 0.1) is 0 Å². The molecule has 0 saturated carbocycles. The average molecular weight is 315 g/mol. The van der Waals surface area contributed by atoms with Crippen molar-refractivity contribution < 1.29 is 9.59 Å². The lowest BCUT2D eigenvalue weighted by Gasteiger charge is -2.25. The SMILES string of the molecule is O=C(Nc1nc(C(=O)N2CCCCC2)cs1)c1ccccc1. The highest BCUT2D eigenvalue weighted by Crippen LogP contribution is 2.19. The van der Waals surface area contributed by atoms with E-state index in [1.165, 1.54) is 17.8 Å². The van der Waals surface area contributed by atoms with Crippen molar-refractivity contribution in [2.45, 2.75) is 19.3 Å². The molecule has 0 spiro atoms. The van der Waals surface area contributed by atoms with Crippen LogP contribution in [0.4, 0.5) is 5.13 Å². The quantitative estimate of drug-likeness (QED) is 0.947. The molecular weight excluding hydrogens is 298 g/mol. The molecule has 114 valence electrons. The zero-order valence-corrected chi connectivity index (χ0v) is 12.9. The number of piperidine rings is 1. The molecule has 6 heteroatoms. The fraction of sp³-hybridized carbons (Fsp3) is 0.312. The van der Waals surface area contributed by atoms with Crippen LogP contribution in [0.3, 0.4) is 0 Å². The standard InChI is InChI=1S/C16H17N3O2S/c20-14(12-7-3-1-4-8-12)18-16-17-13(11-22-16)15(21)19-9-5-2-6-10-19/h1,3-4,7-8,11H,2,5-6,9-10H2,(H,17,18,20). The minimum Gasteiger partial charge on any atom is -0.337 e. The summed E-state index contributed by atoms with van der Waals surface area (Å²) in [5, 5.41) is 4.89. The first-order chi connectivity index (χ1) is 10.7. The van der Waals surface area contributed by atoms with Crippen molar-refractivity contribution in [1.29, 1.82) is 0 Å². The number of nitrogens with zero attached hydrogens (tertiary/aromatic N) is 2. The minimum absolute atomic E-state index is 0.0452. The maximum Gasteiger partial charge on any atom is 0.273 e. The van der Waals surface area contributed by atoms with E-state index in [1.54, 1.807) is 17.5 Å². The van der Waals surface area contributed by atoms with Gasteiger partial charge in [-0.3, -0.25) is 14.9 Å². The summed E-state index contributed by atoms with van der Waals surface area (Å²) < 4.78 is 0. The Morgan fingerprint density at radius 1 is 1.09 bits per heavy atom. The summed E-state index contributed by atoms with van der Waals surface area (Å²) >= 11 is 1.27. The highest BCUT2D eigenvalue weighted by molar-refractivity contribution is 7.14. The molecule has 1 aliphatic heterocycles. The molecule has 0 aliphatic carbocycles. The first kappa shape index (κ1) is 14.7. The Bertz CT molecular complexity index is 663. The van der Waals surface area contributed by atoms with Crippen LogP contribution < -0.4 is 5.32 Å². The van der Waals surface area contributed by atoms with Gasteiger partial charge < -0.3 is 4.90 Å². The maximum absolute atomic E-state index is 12.3. The first-order valence-corrected chi connectivity index (χ1v) is 8.23. The largest absolute Gasteiger partial charge is 0.337 e. The molecule has 2 aromatic rings. The predicted octanol–water partition coefficient (Wildman–Crippen LogP) is 3.02. The van der Waals surface area contributed by atoms with Gasteiger partial charge in [-0.1, -0.05) is 18.2 Å². The smallest absolute Gasteiger partial charge is 0.273 e. The second-order valence-corrected chi connectivity index (χ2v) is 6.07. The Labute approximate surface area is 133 Å². The lowest BCUT2D eigenvalue weighted by Crippen LogP contribution is -2.35. The van der Waals surface area contributed by atoms with Gasteiger partial charge in [-0.15, -0.1) is 11.3 Å². The van der Waals surface area contributed by atoms with Gasteiger partial charge in [0.1, 0.15) is 5.69 Å². The van der Waals surface area contributed by atoms with Gasteiger partial charge in [0.15, 0.2) is 5.13 Å². The zero-order valence-electron chi connectivity index (χ0n) is 12.1. The van der Waals surface area contributed by atoms with Gasteiger partial charge in [0.25, 0.3) is 11.8 Å². The van der Waals surface area contributed by atoms with E-state index in [4.69, 9.17) is 0 Å². The Balaban J connectivity index is 1.66. The Morgan fingerprint density at radius 3 is 2.55 bits per heavy atom. The highest BCUT2D eigenvalue weighted by atomic mass is 32.1. The van der Waals surface area contributed by atoms with Crippen LogP contribution in [-0.4, -0.2) is 34.8 Å². The summed E-state index contributed by atoms with van der Waals surface area (Å²) in [6.07, 6.45) is 3.28. The molecule has 1 aliphatic rings. The van der Waals surface area contributed by atoms with Crippen molar-refractivity contribution in [3.05, 3.63) is 47.0 Å². The molecule has 1 aromatic carbocycles. The molecule has 2 heterocycles. The summed E-state index contributed by atoms with van der Waals surface area (Å²) in [6.45, 7) is 1.59. The number of rotatable bonds is 3. The number of hydrogen-bond acceptors (Lipinski definition) is 4. The van der Waals surface area contributed by atoms with Gasteiger partial charge in [0, 0.05) is 24.0 Å². The lowest BCUT2D eigenvalue weighted by molar-refractivity contribution is 0.0719. The maximum atomic E-state index is 12.3. The van der Waals surface area contributed by atoms with E-state index < -0.39 is 0 Å². The van der Waals surface area contributed by atoms with Gasteiger partial charge in [-0.25, -0.2) is 4.98 Å². The molecule has 1 fully saturated rings. The molecule has 1 saturated heterocycles. The van der Waals surface area contributed by atoms with E-state index >= 15 is 0 Å². The van der Waals surface area contributed by atoms with Crippen molar-refractivity contribution in [3.8, 4) is 0 Å². The summed E-state index contributed by atoms with van der Waals surface area (Å²) in [4.78, 5) is 30.5. The molecule has 22 heavy (non-hydrogen) atoms. The van der Waals surface area contributed by atoms with Crippen LogP contribution in [0.25, 0.3) is 0 Å². The third-order valence-electron chi connectivity index (χ3n) is 3.62. The molecular formula is C16H17N3O2S. The number of thiazole rings is 1. The molecule has 1 aromatic heterocycles. The molecule has 0 atom stereocenters. The number of benzene rings is 1. The van der Waals surface area contributed by atoms with Crippen molar-refractivity contribution in [1.82, 2.24) is 9.88 Å². The molecule has 0 unspecified atom stereocenters. The molecule has 0 bridgehead atoms. The van der Waals surface area contributed by atoms with E-state index in [2.05, 4.69) is 10.3 Å². The summed E-state index contributed by atoms with van der Waals surface area (Å²) in [7, 11) is 0. The number of carbonyl (C=O) groups is 2. The summed E-state index contributed by atoms with van der Waals surface area (Å²) in [6, 6.07) is 8.95. The van der Waals surface area contributed by atoms with Gasteiger partial charge in [0.2, 0.25) is 0 Å². The van der Waals surface area contributed by atoms with Crippen molar-refractivity contribution in [2.24, 2.45) is 0 Å². The van der Waals surface area contributed by atoms with E-state index in [1.807, 2.05) is 23.1 Å². The Hall–Kier alpha value is -2.21. The van der Waals surface area contributed by atoms with Gasteiger partial charge in [0.05, 0.1) is 0 Å². The number of nitrogens with one attached hydrogen (secondary N) is 1. The fourth-order valence-electron chi connectivity index (χ4n) is 2.45. The molecule has 3 rings (SSSR count). The molecule has 0 radical (unpaired) electrons. The van der Waals surface area contributed by atoms with E-state index in [9.17, 15) is 9.59 Å². The van der Waals surface area contributed by atoms with Crippen LogP contribution in [0.15, 0.2) is 35.7 Å². The molecule has 1 N–H and O–H groups in total. The summed E-state index contributed by atoms with van der Waals surface area (Å²) in [5.74, 6) is -0.261. The average Bonchev–Trinajstić information content (AvgIpc) is 3.04. The Kier molecular flexibility index (Phi) is 4.48. The first-order valence-electron chi connectivity index (χ1n) is 7.35. The van der Waals surface area contributed by atoms with Gasteiger partial charge in [-0.05, 0) is 31.4 Å². The predicted molar refractivity (Wildman–Crippen MR) is 86.3 cm³/mol. The number of likely N-dealkylation sites (tertiary alicyclic amines) is 1. The van der Waals surface area contributed by atoms with Crippen LogP contribution in [-0.2, 0) is 0 Å². The topological polar surface area (TPSA) is 62.3 Å².